The molecule has 140 valence electrons. The van der Waals surface area contributed by atoms with Crippen molar-refractivity contribution in [2.45, 2.75) is 33.1 Å². The van der Waals surface area contributed by atoms with Crippen molar-refractivity contribution in [3.63, 3.8) is 0 Å². The molecule has 0 fully saturated rings. The second kappa shape index (κ2) is 7.97. The van der Waals surface area contributed by atoms with E-state index < -0.39 is 0 Å². The standard InChI is InChI=1S/C22H21FO2.CH2O/c1-13-11-16(15-7-9-25-10-8-15)12-14(2)21(13)17-3-5-19(23)22-18(17)4-6-20(22)24;1-2/h3,5,7,11-12H,4,6,8-10H2,1-2H3;1H2. The molecule has 2 aliphatic rings. The summed E-state index contributed by atoms with van der Waals surface area (Å²) in [5.41, 5.74) is 8.18. The molecule has 1 heterocycles. The van der Waals surface area contributed by atoms with Gasteiger partial charge in [0.15, 0.2) is 5.78 Å². The Kier molecular flexibility index (Phi) is 5.66. The average Bonchev–Trinajstić information content (AvgIpc) is 3.08. The van der Waals surface area contributed by atoms with Gasteiger partial charge in [-0.3, -0.25) is 4.79 Å². The monoisotopic (exact) mass is 366 g/mol. The number of carbonyl (C=O) groups excluding carboxylic acids is 2. The number of ether oxygens (including phenoxy) is 1. The number of benzene rings is 2. The van der Waals surface area contributed by atoms with E-state index in [9.17, 15) is 9.18 Å². The molecule has 4 rings (SSSR count). The topological polar surface area (TPSA) is 43.4 Å². The molecule has 0 unspecified atom stereocenters. The number of aryl methyl sites for hydroxylation is 2. The molecule has 2 aromatic rings. The molecule has 0 bridgehead atoms. The van der Waals surface area contributed by atoms with E-state index >= 15 is 0 Å². The highest BCUT2D eigenvalue weighted by atomic mass is 19.1. The number of rotatable bonds is 2. The van der Waals surface area contributed by atoms with Crippen LogP contribution in [0.2, 0.25) is 0 Å². The van der Waals surface area contributed by atoms with Gasteiger partial charge < -0.3 is 9.53 Å². The second-order valence-corrected chi connectivity index (χ2v) is 6.91. The third kappa shape index (κ3) is 3.50. The van der Waals surface area contributed by atoms with Gasteiger partial charge in [-0.25, -0.2) is 4.39 Å². The lowest BCUT2D eigenvalue weighted by Gasteiger charge is -2.19. The molecule has 3 nitrogen and oxygen atoms in total. The maximum absolute atomic E-state index is 14.1. The smallest absolute Gasteiger partial charge is 0.166 e. The SMILES string of the molecule is C=O.Cc1cc(C2=CCOCC2)cc(C)c1-c1ccc(F)c2c1CCC2=O. The van der Waals surface area contributed by atoms with Gasteiger partial charge in [-0.15, -0.1) is 0 Å². The van der Waals surface area contributed by atoms with Crippen molar-refractivity contribution in [2.75, 3.05) is 13.2 Å². The average molecular weight is 366 g/mol. The maximum Gasteiger partial charge on any atom is 0.166 e. The lowest BCUT2D eigenvalue weighted by atomic mass is 9.87. The molecule has 0 aromatic heterocycles. The quantitative estimate of drug-likeness (QED) is 0.762. The number of hydrogen-bond donors (Lipinski definition) is 0. The van der Waals surface area contributed by atoms with Gasteiger partial charge in [0, 0.05) is 6.42 Å². The molecule has 1 aliphatic carbocycles. The summed E-state index contributed by atoms with van der Waals surface area (Å²) in [6, 6.07) is 7.67. The Bertz CT molecular complexity index is 904. The van der Waals surface area contributed by atoms with Gasteiger partial charge in [0.25, 0.3) is 0 Å². The third-order valence-corrected chi connectivity index (χ3v) is 5.28. The van der Waals surface area contributed by atoms with Crippen LogP contribution in [0, 0.1) is 19.7 Å². The van der Waals surface area contributed by atoms with E-state index in [1.54, 1.807) is 0 Å². The summed E-state index contributed by atoms with van der Waals surface area (Å²) in [5.74, 6) is -0.464. The lowest BCUT2D eigenvalue weighted by Crippen LogP contribution is -2.05. The molecule has 0 spiro atoms. The van der Waals surface area contributed by atoms with Crippen LogP contribution in [-0.2, 0) is 16.0 Å². The van der Waals surface area contributed by atoms with Gasteiger partial charge in [-0.2, -0.15) is 0 Å². The second-order valence-electron chi connectivity index (χ2n) is 6.91. The molecule has 0 saturated heterocycles. The van der Waals surface area contributed by atoms with E-state index in [-0.39, 0.29) is 11.6 Å². The Morgan fingerprint density at radius 2 is 1.70 bits per heavy atom. The van der Waals surface area contributed by atoms with Crippen LogP contribution in [0.5, 0.6) is 0 Å². The number of ketones is 1. The van der Waals surface area contributed by atoms with Crippen LogP contribution < -0.4 is 0 Å². The van der Waals surface area contributed by atoms with Crippen LogP contribution in [0.1, 0.15) is 45.5 Å². The van der Waals surface area contributed by atoms with Crippen molar-refractivity contribution in [3.8, 4) is 11.1 Å². The molecular formula is C23H23FO3. The first kappa shape index (κ1) is 19.2. The summed E-state index contributed by atoms with van der Waals surface area (Å²) in [7, 11) is 0. The van der Waals surface area contributed by atoms with Crippen LogP contribution in [0.15, 0.2) is 30.3 Å². The fraction of sp³-hybridized carbons (Fsp3) is 0.304. The maximum atomic E-state index is 14.1. The summed E-state index contributed by atoms with van der Waals surface area (Å²) in [6.45, 7) is 7.62. The molecule has 2 aromatic carbocycles. The van der Waals surface area contributed by atoms with Gasteiger partial charge in [0.05, 0.1) is 18.8 Å². The molecule has 0 atom stereocenters. The zero-order chi connectivity index (χ0) is 19.6. The summed E-state index contributed by atoms with van der Waals surface area (Å²) < 4.78 is 19.5. The first-order valence-electron chi connectivity index (χ1n) is 9.08. The number of hydrogen-bond acceptors (Lipinski definition) is 3. The summed E-state index contributed by atoms with van der Waals surface area (Å²) >= 11 is 0. The van der Waals surface area contributed by atoms with Crippen LogP contribution in [0.25, 0.3) is 16.7 Å². The van der Waals surface area contributed by atoms with Crippen molar-refractivity contribution >= 4 is 18.1 Å². The highest BCUT2D eigenvalue weighted by Crippen LogP contribution is 2.38. The van der Waals surface area contributed by atoms with E-state index in [1.165, 1.54) is 17.2 Å². The fourth-order valence-corrected chi connectivity index (χ4v) is 4.14. The predicted octanol–water partition coefficient (Wildman–Crippen LogP) is 4.86. The minimum Gasteiger partial charge on any atom is -0.377 e. The number of Topliss-reactive ketones (excluding diaryl/α,β-unsaturated/α-hetero) is 1. The van der Waals surface area contributed by atoms with E-state index in [4.69, 9.17) is 9.53 Å². The lowest BCUT2D eigenvalue weighted by molar-refractivity contribution is -0.0980. The third-order valence-electron chi connectivity index (χ3n) is 5.28. The Hall–Kier alpha value is -2.59. The van der Waals surface area contributed by atoms with Crippen molar-refractivity contribution < 1.29 is 18.7 Å². The fourth-order valence-electron chi connectivity index (χ4n) is 4.14. The first-order chi connectivity index (χ1) is 13.1. The molecule has 0 radical (unpaired) electrons. The van der Waals surface area contributed by atoms with Crippen molar-refractivity contribution in [2.24, 2.45) is 0 Å². The zero-order valence-corrected chi connectivity index (χ0v) is 15.7. The molecular weight excluding hydrogens is 343 g/mol. The minimum absolute atomic E-state index is 0.0753. The van der Waals surface area contributed by atoms with Gasteiger partial charge in [0.1, 0.15) is 12.6 Å². The van der Waals surface area contributed by atoms with E-state index in [0.29, 0.717) is 25.0 Å². The van der Waals surface area contributed by atoms with Crippen molar-refractivity contribution in [1.82, 2.24) is 0 Å². The van der Waals surface area contributed by atoms with Crippen molar-refractivity contribution in [3.05, 3.63) is 64.0 Å². The van der Waals surface area contributed by atoms with E-state index in [2.05, 4.69) is 32.1 Å². The normalized spacial score (nSPS) is 15.7. The van der Waals surface area contributed by atoms with Gasteiger partial charge in [-0.1, -0.05) is 24.3 Å². The van der Waals surface area contributed by atoms with Crippen LogP contribution in [-0.4, -0.2) is 25.8 Å². The minimum atomic E-state index is -0.388. The number of halogens is 1. The van der Waals surface area contributed by atoms with Gasteiger partial charge in [-0.05, 0) is 71.7 Å². The van der Waals surface area contributed by atoms with Crippen LogP contribution >= 0.6 is 0 Å². The van der Waals surface area contributed by atoms with Crippen molar-refractivity contribution in [1.29, 1.82) is 0 Å². The van der Waals surface area contributed by atoms with E-state index in [1.807, 2.05) is 12.9 Å². The number of carbonyl (C=O) groups is 2. The highest BCUT2D eigenvalue weighted by molar-refractivity contribution is 6.03. The molecule has 0 amide bonds. The van der Waals surface area contributed by atoms with Gasteiger partial charge in [0.2, 0.25) is 0 Å². The molecule has 1 aliphatic heterocycles. The zero-order valence-electron chi connectivity index (χ0n) is 15.7. The summed E-state index contributed by atoms with van der Waals surface area (Å²) in [5, 5.41) is 0. The molecule has 4 heteroatoms. The molecule has 27 heavy (non-hydrogen) atoms. The largest absolute Gasteiger partial charge is 0.377 e. The highest BCUT2D eigenvalue weighted by Gasteiger charge is 2.27. The Labute approximate surface area is 158 Å². The first-order valence-corrected chi connectivity index (χ1v) is 9.08. The summed E-state index contributed by atoms with van der Waals surface area (Å²) in [6.07, 6.45) is 4.11. The predicted molar refractivity (Wildman–Crippen MR) is 104 cm³/mol. The Morgan fingerprint density at radius 1 is 1.00 bits per heavy atom. The Balaban J connectivity index is 0.00000102. The molecule has 0 saturated carbocycles. The van der Waals surface area contributed by atoms with Crippen LogP contribution in [0.3, 0.4) is 0 Å². The van der Waals surface area contributed by atoms with Gasteiger partial charge >= 0.3 is 0 Å². The molecule has 0 N–H and O–H groups in total. The van der Waals surface area contributed by atoms with Crippen LogP contribution in [0.4, 0.5) is 4.39 Å². The summed E-state index contributed by atoms with van der Waals surface area (Å²) in [4.78, 5) is 20.0. The number of fused-ring (bicyclic) bond motifs is 1. The Morgan fingerprint density at radius 3 is 2.33 bits per heavy atom. The van der Waals surface area contributed by atoms with E-state index in [0.717, 1.165) is 40.8 Å².